The van der Waals surface area contributed by atoms with E-state index in [9.17, 15) is 5.11 Å². The zero-order valence-corrected chi connectivity index (χ0v) is 11.7. The van der Waals surface area contributed by atoms with Gasteiger partial charge in [-0.25, -0.2) is 0 Å². The van der Waals surface area contributed by atoms with Crippen LogP contribution in [0.3, 0.4) is 0 Å². The van der Waals surface area contributed by atoms with Gasteiger partial charge in [0.2, 0.25) is 0 Å². The highest BCUT2D eigenvalue weighted by Crippen LogP contribution is 2.28. The maximum atomic E-state index is 10.5. The van der Waals surface area contributed by atoms with Crippen molar-refractivity contribution in [2.75, 3.05) is 6.54 Å². The van der Waals surface area contributed by atoms with Crippen molar-refractivity contribution in [2.24, 2.45) is 5.92 Å². The fourth-order valence-electron chi connectivity index (χ4n) is 3.00. The van der Waals surface area contributed by atoms with Crippen LogP contribution < -0.4 is 0 Å². The minimum atomic E-state index is -0.390. The molecule has 0 amide bonds. The molecule has 0 radical (unpaired) electrons. The summed E-state index contributed by atoms with van der Waals surface area (Å²) in [6.07, 6.45) is 2.16. The number of hydrogen-bond donors (Lipinski definition) is 1. The summed E-state index contributed by atoms with van der Waals surface area (Å²) in [5.41, 5.74) is 1.02. The number of aliphatic hydroxyl groups excluding tert-OH is 1. The molecule has 2 heteroatoms. The molecule has 1 fully saturated rings. The summed E-state index contributed by atoms with van der Waals surface area (Å²) in [6.45, 7) is 7.83. The van der Waals surface area contributed by atoms with E-state index in [0.29, 0.717) is 6.04 Å². The molecule has 1 heterocycles. The highest BCUT2D eigenvalue weighted by Gasteiger charge is 2.30. The molecule has 1 aliphatic heterocycles. The topological polar surface area (TPSA) is 23.5 Å². The van der Waals surface area contributed by atoms with E-state index in [0.717, 1.165) is 18.0 Å². The Balaban J connectivity index is 2.08. The third-order valence-corrected chi connectivity index (χ3v) is 4.29. The van der Waals surface area contributed by atoms with Crippen LogP contribution in [-0.4, -0.2) is 28.6 Å². The first-order valence-corrected chi connectivity index (χ1v) is 7.08. The highest BCUT2D eigenvalue weighted by molar-refractivity contribution is 5.18. The van der Waals surface area contributed by atoms with Crippen molar-refractivity contribution in [1.29, 1.82) is 0 Å². The Bertz CT molecular complexity index is 365. The summed E-state index contributed by atoms with van der Waals surface area (Å²) in [6, 6.07) is 10.8. The summed E-state index contributed by atoms with van der Waals surface area (Å²) in [7, 11) is 0. The fourth-order valence-corrected chi connectivity index (χ4v) is 3.00. The maximum Gasteiger partial charge on any atom is 0.0942 e. The molecular formula is C16H25NO. The first-order chi connectivity index (χ1) is 8.59. The van der Waals surface area contributed by atoms with E-state index in [-0.39, 0.29) is 12.1 Å². The van der Waals surface area contributed by atoms with Gasteiger partial charge in [-0.1, -0.05) is 37.3 Å². The highest BCUT2D eigenvalue weighted by atomic mass is 16.3. The minimum absolute atomic E-state index is 0.185. The molecule has 0 aliphatic carbocycles. The van der Waals surface area contributed by atoms with Crippen LogP contribution in [0.2, 0.25) is 0 Å². The number of rotatable bonds is 3. The molecule has 0 spiro atoms. The van der Waals surface area contributed by atoms with Crippen molar-refractivity contribution in [3.63, 3.8) is 0 Å². The molecule has 0 bridgehead atoms. The summed E-state index contributed by atoms with van der Waals surface area (Å²) in [4.78, 5) is 2.46. The molecule has 2 rings (SSSR count). The Labute approximate surface area is 111 Å². The lowest BCUT2D eigenvalue weighted by molar-refractivity contribution is 0.00726. The molecule has 18 heavy (non-hydrogen) atoms. The van der Waals surface area contributed by atoms with Crippen LogP contribution in [-0.2, 0) is 0 Å². The van der Waals surface area contributed by atoms with Crippen molar-refractivity contribution in [3.05, 3.63) is 35.9 Å². The van der Waals surface area contributed by atoms with Crippen LogP contribution in [0, 0.1) is 5.92 Å². The fraction of sp³-hybridized carbons (Fsp3) is 0.625. The summed E-state index contributed by atoms with van der Waals surface area (Å²) in [5.74, 6) is 0.742. The number of piperidine rings is 1. The first kappa shape index (κ1) is 13.6. The number of aliphatic hydroxyl groups is 1. The van der Waals surface area contributed by atoms with E-state index in [1.54, 1.807) is 0 Å². The number of nitrogens with zero attached hydrogens (tertiary/aromatic N) is 1. The SMILES string of the molecule is CC1CCC(C)N(C(C)C(O)c2ccccc2)C1. The van der Waals surface area contributed by atoms with Gasteiger partial charge in [0.15, 0.2) is 0 Å². The second-order valence-corrected chi connectivity index (χ2v) is 5.82. The van der Waals surface area contributed by atoms with E-state index in [4.69, 9.17) is 0 Å². The van der Waals surface area contributed by atoms with Gasteiger partial charge < -0.3 is 5.11 Å². The van der Waals surface area contributed by atoms with Gasteiger partial charge in [0.1, 0.15) is 0 Å². The Morgan fingerprint density at radius 2 is 1.83 bits per heavy atom. The largest absolute Gasteiger partial charge is 0.387 e. The van der Waals surface area contributed by atoms with Crippen LogP contribution in [0.1, 0.15) is 45.3 Å². The van der Waals surface area contributed by atoms with Crippen LogP contribution in [0.15, 0.2) is 30.3 Å². The predicted molar refractivity (Wildman–Crippen MR) is 75.4 cm³/mol. The monoisotopic (exact) mass is 247 g/mol. The van der Waals surface area contributed by atoms with Gasteiger partial charge >= 0.3 is 0 Å². The van der Waals surface area contributed by atoms with Gasteiger partial charge in [-0.2, -0.15) is 0 Å². The van der Waals surface area contributed by atoms with Crippen LogP contribution in [0.4, 0.5) is 0 Å². The van der Waals surface area contributed by atoms with Crippen molar-refractivity contribution < 1.29 is 5.11 Å². The third-order valence-electron chi connectivity index (χ3n) is 4.29. The van der Waals surface area contributed by atoms with E-state index >= 15 is 0 Å². The van der Waals surface area contributed by atoms with E-state index < -0.39 is 0 Å². The normalized spacial score (nSPS) is 28.9. The third kappa shape index (κ3) is 2.93. The minimum Gasteiger partial charge on any atom is -0.387 e. The lowest BCUT2D eigenvalue weighted by atomic mass is 9.91. The molecule has 2 nitrogen and oxygen atoms in total. The zero-order chi connectivity index (χ0) is 13.1. The van der Waals surface area contributed by atoms with Crippen molar-refractivity contribution >= 4 is 0 Å². The Morgan fingerprint density at radius 1 is 1.17 bits per heavy atom. The van der Waals surface area contributed by atoms with Gasteiger partial charge in [0.05, 0.1) is 6.10 Å². The van der Waals surface area contributed by atoms with Crippen molar-refractivity contribution in [2.45, 2.75) is 51.8 Å². The Morgan fingerprint density at radius 3 is 2.50 bits per heavy atom. The van der Waals surface area contributed by atoms with Crippen LogP contribution >= 0.6 is 0 Å². The number of likely N-dealkylation sites (tertiary alicyclic amines) is 1. The molecule has 1 aromatic carbocycles. The zero-order valence-electron chi connectivity index (χ0n) is 11.7. The Hall–Kier alpha value is -0.860. The predicted octanol–water partition coefficient (Wildman–Crippen LogP) is 3.23. The molecule has 1 saturated heterocycles. The molecule has 100 valence electrons. The quantitative estimate of drug-likeness (QED) is 0.886. The molecule has 1 aromatic rings. The second kappa shape index (κ2) is 5.85. The summed E-state index contributed by atoms with van der Waals surface area (Å²) in [5, 5.41) is 10.5. The molecule has 4 atom stereocenters. The van der Waals surface area contributed by atoms with Gasteiger partial charge in [0, 0.05) is 18.6 Å². The van der Waals surface area contributed by atoms with Crippen LogP contribution in [0.5, 0.6) is 0 Å². The second-order valence-electron chi connectivity index (χ2n) is 5.82. The lowest BCUT2D eigenvalue weighted by Gasteiger charge is -2.42. The van der Waals surface area contributed by atoms with Gasteiger partial charge in [-0.15, -0.1) is 0 Å². The molecule has 0 saturated carbocycles. The summed E-state index contributed by atoms with van der Waals surface area (Å²) >= 11 is 0. The molecular weight excluding hydrogens is 222 g/mol. The maximum absolute atomic E-state index is 10.5. The van der Waals surface area contributed by atoms with E-state index in [1.807, 2.05) is 30.3 Å². The first-order valence-electron chi connectivity index (χ1n) is 7.08. The number of hydrogen-bond acceptors (Lipinski definition) is 2. The van der Waals surface area contributed by atoms with Crippen molar-refractivity contribution in [3.8, 4) is 0 Å². The van der Waals surface area contributed by atoms with Gasteiger partial charge in [0.25, 0.3) is 0 Å². The Kier molecular flexibility index (Phi) is 4.41. The average Bonchev–Trinajstić information content (AvgIpc) is 2.41. The molecule has 1 aliphatic rings. The molecule has 4 unspecified atom stereocenters. The number of benzene rings is 1. The van der Waals surface area contributed by atoms with Crippen LogP contribution in [0.25, 0.3) is 0 Å². The van der Waals surface area contributed by atoms with E-state index in [2.05, 4.69) is 25.7 Å². The molecule has 1 N–H and O–H groups in total. The standard InChI is InChI=1S/C16H25NO/c1-12-9-10-13(2)17(11-12)14(3)16(18)15-7-5-4-6-8-15/h4-8,12-14,16,18H,9-11H2,1-3H3. The smallest absolute Gasteiger partial charge is 0.0942 e. The lowest BCUT2D eigenvalue weighted by Crippen LogP contribution is -2.48. The van der Waals surface area contributed by atoms with Gasteiger partial charge in [-0.05, 0) is 38.2 Å². The van der Waals surface area contributed by atoms with Crippen molar-refractivity contribution in [1.82, 2.24) is 4.90 Å². The van der Waals surface area contributed by atoms with Gasteiger partial charge in [-0.3, -0.25) is 4.90 Å². The summed E-state index contributed by atoms with van der Waals surface area (Å²) < 4.78 is 0. The molecule has 0 aromatic heterocycles. The van der Waals surface area contributed by atoms with E-state index in [1.165, 1.54) is 12.8 Å². The average molecular weight is 247 g/mol.